The summed E-state index contributed by atoms with van der Waals surface area (Å²) in [6.07, 6.45) is 1.10. The monoisotopic (exact) mass is 367 g/mol. The fraction of sp³-hybridized carbons (Fsp3) is 0.500. The van der Waals surface area contributed by atoms with Gasteiger partial charge in [-0.2, -0.15) is 8.42 Å². The Morgan fingerprint density at radius 1 is 1.26 bits per heavy atom. The average Bonchev–Trinajstić information content (AvgIpc) is 2.40. The highest BCUT2D eigenvalue weighted by Crippen LogP contribution is 2.22. The molecule has 9 nitrogen and oxygen atoms in total. The zero-order chi connectivity index (χ0) is 17.7. The summed E-state index contributed by atoms with van der Waals surface area (Å²) >= 11 is 0. The third-order valence-corrected chi connectivity index (χ3v) is 3.98. The van der Waals surface area contributed by atoms with E-state index in [1.165, 1.54) is 0 Å². The smallest absolute Gasteiger partial charge is 0.370 e. The second-order valence-corrected chi connectivity index (χ2v) is 7.71. The number of nitrogens with zero attached hydrogens (tertiary/aromatic N) is 1. The molecule has 0 unspecified atom stereocenters. The molecule has 1 rings (SSSR count). The molecule has 23 heavy (non-hydrogen) atoms. The lowest BCUT2D eigenvalue weighted by molar-refractivity contribution is 0.320. The van der Waals surface area contributed by atoms with Crippen molar-refractivity contribution in [3.8, 4) is 0 Å². The Kier molecular flexibility index (Phi) is 6.77. The minimum atomic E-state index is -4.58. The fourth-order valence-corrected chi connectivity index (χ4v) is 2.55. The Morgan fingerprint density at radius 2 is 1.91 bits per heavy atom. The Labute approximate surface area is 136 Å². The highest BCUT2D eigenvalue weighted by molar-refractivity contribution is 7.88. The second-order valence-electron chi connectivity index (χ2n) is 4.86. The van der Waals surface area contributed by atoms with Crippen LogP contribution in [0.1, 0.15) is 12.5 Å². The topological polar surface area (TPSA) is 125 Å². The Hall–Kier alpha value is -1.40. The highest BCUT2D eigenvalue weighted by atomic mass is 32.3. The molecule has 0 saturated heterocycles. The van der Waals surface area contributed by atoms with Gasteiger partial charge in [0.1, 0.15) is 0 Å². The number of anilines is 2. The van der Waals surface area contributed by atoms with Crippen LogP contribution in [0.2, 0.25) is 0 Å². The van der Waals surface area contributed by atoms with Gasteiger partial charge >= 0.3 is 10.4 Å². The lowest BCUT2D eigenvalue weighted by atomic mass is 10.1. The molecule has 0 saturated carbocycles. The summed E-state index contributed by atoms with van der Waals surface area (Å²) in [6.45, 7) is 5.10. The quantitative estimate of drug-likeness (QED) is 0.426. The molecule has 0 atom stereocenters. The van der Waals surface area contributed by atoms with Crippen molar-refractivity contribution >= 4 is 31.8 Å². The molecule has 0 aliphatic rings. The third kappa shape index (κ3) is 7.61. The van der Waals surface area contributed by atoms with Crippen molar-refractivity contribution in [3.05, 3.63) is 23.8 Å². The number of hydrogen-bond acceptors (Lipinski definition) is 7. The predicted molar refractivity (Wildman–Crippen MR) is 88.2 cm³/mol. The molecule has 0 bridgehead atoms. The van der Waals surface area contributed by atoms with Crippen molar-refractivity contribution in [2.45, 2.75) is 13.8 Å². The van der Waals surface area contributed by atoms with E-state index in [0.29, 0.717) is 24.3 Å². The fourth-order valence-electron chi connectivity index (χ4n) is 1.89. The summed E-state index contributed by atoms with van der Waals surface area (Å²) in [5.74, 6) is 0. The van der Waals surface area contributed by atoms with E-state index < -0.39 is 20.4 Å². The normalized spacial score (nSPS) is 12.2. The molecule has 0 radical (unpaired) electrons. The number of rotatable bonds is 9. The zero-order valence-corrected chi connectivity index (χ0v) is 14.7. The lowest BCUT2D eigenvalue weighted by Crippen LogP contribution is -2.34. The minimum Gasteiger partial charge on any atom is -0.370 e. The first kappa shape index (κ1) is 19.6. The van der Waals surface area contributed by atoms with Gasteiger partial charge in [0.05, 0.1) is 11.9 Å². The van der Waals surface area contributed by atoms with Crippen molar-refractivity contribution in [1.29, 1.82) is 0 Å². The van der Waals surface area contributed by atoms with Crippen LogP contribution in [0.5, 0.6) is 0 Å². The molecule has 11 heteroatoms. The molecule has 0 aliphatic carbocycles. The Morgan fingerprint density at radius 3 is 2.39 bits per heavy atom. The van der Waals surface area contributed by atoms with E-state index in [1.807, 2.05) is 11.8 Å². The summed E-state index contributed by atoms with van der Waals surface area (Å²) in [5.41, 5.74) is 4.08. The van der Waals surface area contributed by atoms with Gasteiger partial charge in [0, 0.05) is 25.3 Å². The second kappa shape index (κ2) is 7.93. The maximum absolute atomic E-state index is 11.1. The van der Waals surface area contributed by atoms with Gasteiger partial charge in [-0.25, -0.2) is 18.6 Å². The van der Waals surface area contributed by atoms with Gasteiger partial charge in [-0.1, -0.05) is 0 Å². The predicted octanol–water partition coefficient (Wildman–Crippen LogP) is 0.517. The van der Waals surface area contributed by atoms with Crippen LogP contribution in [0.3, 0.4) is 0 Å². The first-order chi connectivity index (χ1) is 10.5. The summed E-state index contributed by atoms with van der Waals surface area (Å²) < 4.78 is 58.3. The first-order valence-electron chi connectivity index (χ1n) is 6.74. The van der Waals surface area contributed by atoms with Gasteiger partial charge in [-0.3, -0.25) is 4.55 Å². The summed E-state index contributed by atoms with van der Waals surface area (Å²) in [4.78, 5) is 1.96. The van der Waals surface area contributed by atoms with Gasteiger partial charge in [-0.15, -0.1) is 4.28 Å². The molecular weight excluding hydrogens is 346 g/mol. The largest absolute Gasteiger partial charge is 0.418 e. The minimum absolute atomic E-state index is 0.275. The van der Waals surface area contributed by atoms with Crippen molar-refractivity contribution in [3.63, 3.8) is 0 Å². The van der Waals surface area contributed by atoms with E-state index in [9.17, 15) is 16.8 Å². The average molecular weight is 367 g/mol. The Bertz CT molecular complexity index is 733. The Balaban J connectivity index is 2.77. The molecule has 1 aromatic carbocycles. The van der Waals surface area contributed by atoms with Gasteiger partial charge in [0.15, 0.2) is 0 Å². The van der Waals surface area contributed by atoms with E-state index in [-0.39, 0.29) is 6.54 Å². The molecule has 1 aromatic rings. The zero-order valence-electron chi connectivity index (χ0n) is 13.1. The molecule has 0 aliphatic heterocycles. The van der Waals surface area contributed by atoms with Crippen molar-refractivity contribution in [1.82, 2.24) is 4.72 Å². The van der Waals surface area contributed by atoms with Crippen LogP contribution in [-0.2, 0) is 24.7 Å². The molecular formula is C12H21N3O6S2. The summed E-state index contributed by atoms with van der Waals surface area (Å²) in [7, 11) is -7.81. The van der Waals surface area contributed by atoms with Gasteiger partial charge in [0.25, 0.3) is 0 Å². The maximum Gasteiger partial charge on any atom is 0.418 e. The van der Waals surface area contributed by atoms with Crippen LogP contribution in [0.25, 0.3) is 0 Å². The number of likely N-dealkylation sites (N-methyl/N-ethyl adjacent to an activating group) is 1. The van der Waals surface area contributed by atoms with E-state index in [2.05, 4.69) is 14.5 Å². The van der Waals surface area contributed by atoms with Crippen LogP contribution in [0.4, 0.5) is 11.4 Å². The number of sulfonamides is 1. The first-order valence-corrected chi connectivity index (χ1v) is 9.99. The standard InChI is InChI=1S/C12H21N3O6S2/c1-4-15(8-7-13-22(3,16)17)11-5-6-12(10(2)9-11)14-21-23(18,19)20/h5-6,9,13-14H,4,7-8H2,1-3H3,(H,18,19,20). The SMILES string of the molecule is CCN(CCNS(C)(=O)=O)c1ccc(NOS(=O)(=O)O)c(C)c1. The molecule has 3 N–H and O–H groups in total. The van der Waals surface area contributed by atoms with Crippen LogP contribution in [0.15, 0.2) is 18.2 Å². The molecule has 0 amide bonds. The van der Waals surface area contributed by atoms with Gasteiger partial charge < -0.3 is 4.90 Å². The van der Waals surface area contributed by atoms with E-state index in [4.69, 9.17) is 4.55 Å². The lowest BCUT2D eigenvalue weighted by Gasteiger charge is -2.24. The van der Waals surface area contributed by atoms with Crippen LogP contribution in [-0.4, -0.2) is 47.3 Å². The highest BCUT2D eigenvalue weighted by Gasteiger charge is 2.10. The van der Waals surface area contributed by atoms with E-state index in [0.717, 1.165) is 11.9 Å². The maximum atomic E-state index is 11.1. The van der Waals surface area contributed by atoms with Crippen LogP contribution >= 0.6 is 0 Å². The van der Waals surface area contributed by atoms with Gasteiger partial charge in [0.2, 0.25) is 10.0 Å². The van der Waals surface area contributed by atoms with Gasteiger partial charge in [-0.05, 0) is 37.6 Å². The van der Waals surface area contributed by atoms with E-state index >= 15 is 0 Å². The van der Waals surface area contributed by atoms with Crippen molar-refractivity contribution < 1.29 is 25.7 Å². The summed E-state index contributed by atoms with van der Waals surface area (Å²) in [5, 5.41) is 0. The summed E-state index contributed by atoms with van der Waals surface area (Å²) in [6, 6.07) is 5.12. The van der Waals surface area contributed by atoms with Crippen LogP contribution in [0, 0.1) is 6.92 Å². The molecule has 132 valence electrons. The van der Waals surface area contributed by atoms with Crippen LogP contribution < -0.4 is 15.1 Å². The third-order valence-electron chi connectivity index (χ3n) is 2.96. The number of nitrogens with one attached hydrogen (secondary N) is 2. The molecule has 0 heterocycles. The van der Waals surface area contributed by atoms with Crippen molar-refractivity contribution in [2.24, 2.45) is 0 Å². The van der Waals surface area contributed by atoms with E-state index in [1.54, 1.807) is 25.1 Å². The number of hydrogen-bond donors (Lipinski definition) is 3. The molecule has 0 spiro atoms. The molecule has 0 aromatic heterocycles. The molecule has 0 fully saturated rings. The number of benzene rings is 1. The van der Waals surface area contributed by atoms with Crippen molar-refractivity contribution in [2.75, 3.05) is 36.3 Å². The number of aryl methyl sites for hydroxylation is 1.